The van der Waals surface area contributed by atoms with E-state index >= 15 is 0 Å². The molecule has 0 aliphatic rings. The summed E-state index contributed by atoms with van der Waals surface area (Å²) in [5.74, 6) is -2.94. The second kappa shape index (κ2) is 8.45. The first kappa shape index (κ1) is 22.1. The molecule has 0 atom stereocenters. The van der Waals surface area contributed by atoms with Crippen LogP contribution in [0.2, 0.25) is 0 Å². The minimum absolute atomic E-state index is 0.0565. The second-order valence-corrected chi connectivity index (χ2v) is 8.04. The SMILES string of the molecule is NS(=O)(=O)Oc1ccc2cc(-c3ccc(NC(=O)c4ccc(F)c(F)c4)cc3)c(=O)oc2c1. The molecular weight excluding hydrogens is 458 g/mol. The zero-order valence-electron chi connectivity index (χ0n) is 16.5. The van der Waals surface area contributed by atoms with Gasteiger partial charge in [-0.25, -0.2) is 13.6 Å². The predicted molar refractivity (Wildman–Crippen MR) is 116 cm³/mol. The summed E-state index contributed by atoms with van der Waals surface area (Å²) >= 11 is 0. The Balaban J connectivity index is 1.57. The Morgan fingerprint density at radius 3 is 2.33 bits per heavy atom. The molecule has 0 spiro atoms. The third-order valence-corrected chi connectivity index (χ3v) is 4.98. The van der Waals surface area contributed by atoms with E-state index in [0.29, 0.717) is 16.6 Å². The fraction of sp³-hybridized carbons (Fsp3) is 0. The van der Waals surface area contributed by atoms with Gasteiger partial charge in [0.2, 0.25) is 0 Å². The Morgan fingerprint density at radius 2 is 1.67 bits per heavy atom. The largest absolute Gasteiger partial charge is 0.422 e. The molecule has 0 bridgehead atoms. The molecule has 0 aliphatic carbocycles. The maximum absolute atomic E-state index is 13.3. The Kier molecular flexibility index (Phi) is 5.66. The summed E-state index contributed by atoms with van der Waals surface area (Å²) in [5, 5.41) is 7.88. The number of fused-ring (bicyclic) bond motifs is 1. The van der Waals surface area contributed by atoms with Gasteiger partial charge in [-0.05, 0) is 54.1 Å². The van der Waals surface area contributed by atoms with Crippen molar-refractivity contribution in [3.8, 4) is 16.9 Å². The van der Waals surface area contributed by atoms with Crippen LogP contribution in [0, 0.1) is 11.6 Å². The first-order valence-electron chi connectivity index (χ1n) is 9.26. The minimum atomic E-state index is -4.23. The van der Waals surface area contributed by atoms with Crippen molar-refractivity contribution in [3.05, 3.63) is 94.3 Å². The van der Waals surface area contributed by atoms with Gasteiger partial charge in [0, 0.05) is 22.7 Å². The number of hydrogen-bond acceptors (Lipinski definition) is 6. The van der Waals surface area contributed by atoms with Gasteiger partial charge < -0.3 is 13.9 Å². The molecule has 0 fully saturated rings. The lowest BCUT2D eigenvalue weighted by atomic mass is 10.1. The van der Waals surface area contributed by atoms with E-state index in [-0.39, 0.29) is 22.5 Å². The molecule has 1 heterocycles. The average molecular weight is 472 g/mol. The van der Waals surface area contributed by atoms with Gasteiger partial charge in [0.15, 0.2) is 11.6 Å². The first-order chi connectivity index (χ1) is 15.6. The molecule has 1 amide bonds. The number of nitrogens with two attached hydrogens (primary N) is 1. The molecule has 0 aliphatic heterocycles. The predicted octanol–water partition coefficient (Wildman–Crippen LogP) is 3.57. The van der Waals surface area contributed by atoms with Crippen LogP contribution in [0.3, 0.4) is 0 Å². The summed E-state index contributed by atoms with van der Waals surface area (Å²) in [6.45, 7) is 0. The van der Waals surface area contributed by atoms with Crippen molar-refractivity contribution >= 4 is 32.9 Å². The standard InChI is InChI=1S/C22H14F2N2O6S/c23-18-8-4-14(10-19(18)24)21(27)26-15-5-1-12(2-6-15)17-9-13-3-7-16(32-33(25,29)30)11-20(13)31-22(17)28/h1-11H,(H,26,27)(H2,25,29,30). The molecule has 4 aromatic rings. The fourth-order valence-corrected chi connectivity index (χ4v) is 3.42. The number of anilines is 1. The van der Waals surface area contributed by atoms with Crippen LogP contribution in [0.5, 0.6) is 5.75 Å². The lowest BCUT2D eigenvalue weighted by Crippen LogP contribution is -2.18. The topological polar surface area (TPSA) is 129 Å². The Morgan fingerprint density at radius 1 is 0.939 bits per heavy atom. The molecule has 168 valence electrons. The van der Waals surface area contributed by atoms with Gasteiger partial charge >= 0.3 is 15.9 Å². The number of carbonyl (C=O) groups excluding carboxylic acids is 1. The second-order valence-electron chi connectivity index (χ2n) is 6.88. The lowest BCUT2D eigenvalue weighted by Gasteiger charge is -2.08. The molecule has 11 heteroatoms. The van der Waals surface area contributed by atoms with Gasteiger partial charge in [-0.3, -0.25) is 4.79 Å². The molecule has 33 heavy (non-hydrogen) atoms. The Bertz CT molecular complexity index is 1550. The maximum Gasteiger partial charge on any atom is 0.380 e. The monoisotopic (exact) mass is 472 g/mol. The van der Waals surface area contributed by atoms with E-state index in [2.05, 4.69) is 9.50 Å². The summed E-state index contributed by atoms with van der Waals surface area (Å²) in [5.41, 5.74) is 0.430. The van der Waals surface area contributed by atoms with Crippen molar-refractivity contribution in [3.63, 3.8) is 0 Å². The summed E-state index contributed by atoms with van der Waals surface area (Å²) in [6, 6.07) is 14.6. The van der Waals surface area contributed by atoms with E-state index in [1.807, 2.05) is 0 Å². The van der Waals surface area contributed by atoms with Crippen LogP contribution < -0.4 is 20.3 Å². The quantitative estimate of drug-likeness (QED) is 0.427. The van der Waals surface area contributed by atoms with E-state index in [1.54, 1.807) is 18.2 Å². The number of halogens is 2. The highest BCUT2D eigenvalue weighted by Crippen LogP contribution is 2.26. The van der Waals surface area contributed by atoms with Crippen molar-refractivity contribution in [2.45, 2.75) is 0 Å². The Hall–Kier alpha value is -4.09. The number of rotatable bonds is 5. The van der Waals surface area contributed by atoms with Crippen molar-refractivity contribution < 1.29 is 30.6 Å². The van der Waals surface area contributed by atoms with Crippen LogP contribution in [-0.4, -0.2) is 14.3 Å². The smallest absolute Gasteiger partial charge is 0.380 e. The van der Waals surface area contributed by atoms with Crippen LogP contribution in [0.4, 0.5) is 14.5 Å². The van der Waals surface area contributed by atoms with Crippen molar-refractivity contribution in [1.29, 1.82) is 0 Å². The van der Waals surface area contributed by atoms with Crippen molar-refractivity contribution in [1.82, 2.24) is 0 Å². The normalized spacial score (nSPS) is 11.4. The van der Waals surface area contributed by atoms with Gasteiger partial charge in [0.25, 0.3) is 5.91 Å². The minimum Gasteiger partial charge on any atom is -0.422 e. The van der Waals surface area contributed by atoms with Crippen LogP contribution in [0.25, 0.3) is 22.1 Å². The average Bonchev–Trinajstić information content (AvgIpc) is 2.74. The molecular formula is C22H14F2N2O6S. The van der Waals surface area contributed by atoms with Crippen LogP contribution in [-0.2, 0) is 10.3 Å². The van der Waals surface area contributed by atoms with E-state index in [0.717, 1.165) is 18.2 Å². The molecule has 0 unspecified atom stereocenters. The van der Waals surface area contributed by atoms with Crippen molar-refractivity contribution in [2.75, 3.05) is 5.32 Å². The maximum atomic E-state index is 13.3. The molecule has 1 aromatic heterocycles. The summed E-state index contributed by atoms with van der Waals surface area (Å²) < 4.78 is 58.3. The first-order valence-corrected chi connectivity index (χ1v) is 10.7. The number of hydrogen-bond donors (Lipinski definition) is 2. The highest BCUT2D eigenvalue weighted by atomic mass is 32.2. The van der Waals surface area contributed by atoms with Gasteiger partial charge in [-0.15, -0.1) is 0 Å². The number of nitrogens with one attached hydrogen (secondary N) is 1. The summed E-state index contributed by atoms with van der Waals surface area (Å²) in [7, 11) is -4.23. The van der Waals surface area contributed by atoms with E-state index < -0.39 is 33.5 Å². The van der Waals surface area contributed by atoms with E-state index in [1.165, 1.54) is 30.3 Å². The van der Waals surface area contributed by atoms with Crippen LogP contribution in [0.1, 0.15) is 10.4 Å². The van der Waals surface area contributed by atoms with Crippen molar-refractivity contribution in [2.24, 2.45) is 5.14 Å². The number of benzene rings is 3. The zero-order chi connectivity index (χ0) is 23.8. The number of carbonyl (C=O) groups is 1. The van der Waals surface area contributed by atoms with Crippen LogP contribution in [0.15, 0.2) is 75.9 Å². The fourth-order valence-electron chi connectivity index (χ4n) is 3.05. The molecule has 0 radical (unpaired) electrons. The lowest BCUT2D eigenvalue weighted by molar-refractivity contribution is 0.102. The van der Waals surface area contributed by atoms with E-state index in [4.69, 9.17) is 9.56 Å². The zero-order valence-corrected chi connectivity index (χ0v) is 17.4. The molecule has 8 nitrogen and oxygen atoms in total. The van der Waals surface area contributed by atoms with Gasteiger partial charge in [-0.2, -0.15) is 13.6 Å². The highest BCUT2D eigenvalue weighted by Gasteiger charge is 2.13. The molecule has 3 N–H and O–H groups in total. The number of amides is 1. The van der Waals surface area contributed by atoms with Crippen LogP contribution >= 0.6 is 0 Å². The molecule has 4 rings (SSSR count). The summed E-state index contributed by atoms with van der Waals surface area (Å²) in [6.07, 6.45) is 0. The summed E-state index contributed by atoms with van der Waals surface area (Å²) in [4.78, 5) is 24.7. The van der Waals surface area contributed by atoms with Gasteiger partial charge in [0.1, 0.15) is 11.3 Å². The van der Waals surface area contributed by atoms with E-state index in [9.17, 15) is 26.8 Å². The molecule has 0 saturated heterocycles. The highest BCUT2D eigenvalue weighted by molar-refractivity contribution is 7.84. The molecule has 3 aromatic carbocycles. The van der Waals surface area contributed by atoms with Gasteiger partial charge in [-0.1, -0.05) is 12.1 Å². The Labute approximate surface area is 185 Å². The molecule has 0 saturated carbocycles. The third kappa shape index (κ3) is 5.05. The van der Waals surface area contributed by atoms with Gasteiger partial charge in [0.05, 0.1) is 5.56 Å². The third-order valence-electron chi connectivity index (χ3n) is 4.56.